The van der Waals surface area contributed by atoms with Crippen LogP contribution in [0.2, 0.25) is 5.02 Å². The molecular weight excluding hydrogens is 271 g/mol. The Bertz CT molecular complexity index is 516. The number of nitrogens with one attached hydrogen (secondary N) is 1. The first kappa shape index (κ1) is 13.5. The van der Waals surface area contributed by atoms with Crippen LogP contribution in [0.5, 0.6) is 0 Å². The summed E-state index contributed by atoms with van der Waals surface area (Å²) in [6, 6.07) is 5.03. The summed E-state index contributed by atoms with van der Waals surface area (Å²) < 4.78 is 13.1. The molecule has 1 heterocycles. The van der Waals surface area contributed by atoms with Gasteiger partial charge in [-0.05, 0) is 31.5 Å². The van der Waals surface area contributed by atoms with Gasteiger partial charge in [-0.15, -0.1) is 11.3 Å². The number of hydrogen-bond acceptors (Lipinski definition) is 3. The third-order valence-corrected chi connectivity index (χ3v) is 4.01. The Morgan fingerprint density at radius 2 is 2.11 bits per heavy atom. The topological polar surface area (TPSA) is 24.9 Å². The first-order valence-corrected chi connectivity index (χ1v) is 6.94. The zero-order valence-corrected chi connectivity index (χ0v) is 11.7. The van der Waals surface area contributed by atoms with Crippen molar-refractivity contribution in [2.24, 2.45) is 0 Å². The van der Waals surface area contributed by atoms with Crippen LogP contribution < -0.4 is 5.32 Å². The highest BCUT2D eigenvalue weighted by atomic mass is 35.5. The van der Waals surface area contributed by atoms with Crippen molar-refractivity contribution in [2.45, 2.75) is 25.9 Å². The maximum Gasteiger partial charge on any atom is 0.141 e. The second-order valence-electron chi connectivity index (χ2n) is 4.15. The molecule has 2 unspecified atom stereocenters. The number of benzene rings is 1. The molecule has 2 rings (SSSR count). The molecule has 0 radical (unpaired) electrons. The Kier molecular flexibility index (Phi) is 4.32. The van der Waals surface area contributed by atoms with Crippen molar-refractivity contribution < 1.29 is 4.39 Å². The van der Waals surface area contributed by atoms with E-state index in [2.05, 4.69) is 17.2 Å². The molecule has 0 fully saturated rings. The van der Waals surface area contributed by atoms with E-state index in [1.807, 2.05) is 12.3 Å². The Morgan fingerprint density at radius 3 is 2.72 bits per heavy atom. The number of hydrogen-bond donors (Lipinski definition) is 1. The van der Waals surface area contributed by atoms with E-state index >= 15 is 0 Å². The molecule has 2 nitrogen and oxygen atoms in total. The fraction of sp³-hybridized carbons (Fsp3) is 0.308. The van der Waals surface area contributed by atoms with Gasteiger partial charge in [0.05, 0.1) is 11.1 Å². The smallest absolute Gasteiger partial charge is 0.141 e. The Morgan fingerprint density at radius 1 is 1.33 bits per heavy atom. The summed E-state index contributed by atoms with van der Waals surface area (Å²) >= 11 is 7.40. The van der Waals surface area contributed by atoms with Crippen molar-refractivity contribution >= 4 is 22.9 Å². The second-order valence-corrected chi connectivity index (χ2v) is 5.49. The van der Waals surface area contributed by atoms with Gasteiger partial charge >= 0.3 is 0 Å². The summed E-state index contributed by atoms with van der Waals surface area (Å²) in [5.74, 6) is -0.388. The van der Waals surface area contributed by atoms with Crippen LogP contribution in [0.1, 0.15) is 36.5 Å². The Hall–Kier alpha value is -0.970. The van der Waals surface area contributed by atoms with Gasteiger partial charge in [0.15, 0.2) is 0 Å². The second kappa shape index (κ2) is 5.78. The van der Waals surface area contributed by atoms with E-state index in [9.17, 15) is 4.39 Å². The molecule has 0 aliphatic heterocycles. The minimum Gasteiger partial charge on any atom is -0.302 e. The largest absolute Gasteiger partial charge is 0.302 e. The van der Waals surface area contributed by atoms with Crippen LogP contribution in [-0.4, -0.2) is 4.98 Å². The van der Waals surface area contributed by atoms with E-state index in [-0.39, 0.29) is 22.9 Å². The van der Waals surface area contributed by atoms with E-state index in [0.717, 1.165) is 10.6 Å². The van der Waals surface area contributed by atoms with Crippen LogP contribution in [0.3, 0.4) is 0 Å². The molecule has 0 spiro atoms. The summed E-state index contributed by atoms with van der Waals surface area (Å²) in [7, 11) is 0. The van der Waals surface area contributed by atoms with Gasteiger partial charge in [-0.3, -0.25) is 0 Å². The van der Waals surface area contributed by atoms with Gasteiger partial charge in [-0.2, -0.15) is 0 Å². The lowest BCUT2D eigenvalue weighted by Crippen LogP contribution is -2.22. The molecule has 2 aromatic rings. The fourth-order valence-corrected chi connectivity index (χ4v) is 2.62. The molecular formula is C13H14ClFN2S. The van der Waals surface area contributed by atoms with Crippen molar-refractivity contribution in [1.82, 2.24) is 10.3 Å². The molecule has 18 heavy (non-hydrogen) atoms. The normalized spacial score (nSPS) is 14.4. The molecule has 5 heteroatoms. The van der Waals surface area contributed by atoms with Crippen LogP contribution in [0.25, 0.3) is 0 Å². The van der Waals surface area contributed by atoms with Crippen molar-refractivity contribution in [1.29, 1.82) is 0 Å². The Balaban J connectivity index is 2.07. The zero-order chi connectivity index (χ0) is 13.1. The average molecular weight is 285 g/mol. The Labute approximate surface area is 115 Å². The maximum absolute atomic E-state index is 13.1. The lowest BCUT2D eigenvalue weighted by atomic mass is 10.1. The molecule has 0 saturated carbocycles. The third-order valence-electron chi connectivity index (χ3n) is 2.77. The standard InChI is InChI=1S/C13H14ClFN2S/c1-8(10-3-4-12(15)11(14)7-10)17-9(2)13-16-5-6-18-13/h3-9,17H,1-2H3. The SMILES string of the molecule is CC(NC(C)c1nccs1)c1ccc(F)c(Cl)c1. The molecule has 0 saturated heterocycles. The molecule has 0 aliphatic carbocycles. The fourth-order valence-electron chi connectivity index (χ4n) is 1.77. The van der Waals surface area contributed by atoms with Crippen molar-refractivity contribution in [3.05, 3.63) is 51.2 Å². The van der Waals surface area contributed by atoms with Crippen LogP contribution in [0.15, 0.2) is 29.8 Å². The molecule has 1 aromatic heterocycles. The number of rotatable bonds is 4. The van der Waals surface area contributed by atoms with E-state index in [1.165, 1.54) is 6.07 Å². The van der Waals surface area contributed by atoms with Gasteiger partial charge in [0, 0.05) is 17.6 Å². The molecule has 0 bridgehead atoms. The third kappa shape index (κ3) is 3.07. The van der Waals surface area contributed by atoms with Gasteiger partial charge in [0.2, 0.25) is 0 Å². The number of halogens is 2. The summed E-state index contributed by atoms with van der Waals surface area (Å²) in [6.45, 7) is 4.08. The van der Waals surface area contributed by atoms with Crippen molar-refractivity contribution in [3.8, 4) is 0 Å². The van der Waals surface area contributed by atoms with Crippen molar-refractivity contribution in [2.75, 3.05) is 0 Å². The minimum atomic E-state index is -0.388. The van der Waals surface area contributed by atoms with E-state index in [0.29, 0.717) is 0 Å². The number of aromatic nitrogens is 1. The first-order chi connectivity index (χ1) is 8.58. The van der Waals surface area contributed by atoms with Gasteiger partial charge in [0.25, 0.3) is 0 Å². The molecule has 96 valence electrons. The number of thiazole rings is 1. The highest BCUT2D eigenvalue weighted by Gasteiger charge is 2.13. The van der Waals surface area contributed by atoms with Crippen LogP contribution in [0.4, 0.5) is 4.39 Å². The molecule has 2 atom stereocenters. The van der Waals surface area contributed by atoms with Crippen LogP contribution in [0, 0.1) is 5.82 Å². The van der Waals surface area contributed by atoms with E-state index < -0.39 is 0 Å². The highest BCUT2D eigenvalue weighted by molar-refractivity contribution is 7.09. The van der Waals surface area contributed by atoms with Gasteiger partial charge in [0.1, 0.15) is 10.8 Å². The van der Waals surface area contributed by atoms with E-state index in [1.54, 1.807) is 29.7 Å². The summed E-state index contributed by atoms with van der Waals surface area (Å²) in [6.07, 6.45) is 1.79. The minimum absolute atomic E-state index is 0.0852. The summed E-state index contributed by atoms with van der Waals surface area (Å²) in [5.41, 5.74) is 0.963. The molecule has 0 amide bonds. The predicted molar refractivity (Wildman–Crippen MR) is 73.5 cm³/mol. The quantitative estimate of drug-likeness (QED) is 0.903. The first-order valence-electron chi connectivity index (χ1n) is 5.68. The monoisotopic (exact) mass is 284 g/mol. The molecule has 1 aromatic carbocycles. The summed E-state index contributed by atoms with van der Waals surface area (Å²) in [5, 5.41) is 6.56. The van der Waals surface area contributed by atoms with Gasteiger partial charge in [-0.25, -0.2) is 9.37 Å². The number of nitrogens with zero attached hydrogens (tertiary/aromatic N) is 1. The maximum atomic E-state index is 13.1. The summed E-state index contributed by atoms with van der Waals surface area (Å²) in [4.78, 5) is 4.26. The lowest BCUT2D eigenvalue weighted by molar-refractivity contribution is 0.492. The van der Waals surface area contributed by atoms with E-state index in [4.69, 9.17) is 11.6 Å². The molecule has 0 aliphatic rings. The molecule has 1 N–H and O–H groups in total. The zero-order valence-electron chi connectivity index (χ0n) is 10.2. The lowest BCUT2D eigenvalue weighted by Gasteiger charge is -2.19. The van der Waals surface area contributed by atoms with Crippen LogP contribution in [-0.2, 0) is 0 Å². The highest BCUT2D eigenvalue weighted by Crippen LogP contribution is 2.24. The average Bonchev–Trinajstić information content (AvgIpc) is 2.86. The van der Waals surface area contributed by atoms with Gasteiger partial charge < -0.3 is 5.32 Å². The van der Waals surface area contributed by atoms with Gasteiger partial charge in [-0.1, -0.05) is 17.7 Å². The van der Waals surface area contributed by atoms with Crippen LogP contribution >= 0.6 is 22.9 Å². The van der Waals surface area contributed by atoms with Crippen molar-refractivity contribution in [3.63, 3.8) is 0 Å². The predicted octanol–water partition coefficient (Wildman–Crippen LogP) is 4.35.